The van der Waals surface area contributed by atoms with Crippen LogP contribution in [0, 0.1) is 0 Å². The van der Waals surface area contributed by atoms with E-state index in [1.807, 2.05) is 24.3 Å². The normalized spacial score (nSPS) is 14.3. The van der Waals surface area contributed by atoms with Gasteiger partial charge in [-0.05, 0) is 43.9 Å². The Bertz CT molecular complexity index is 787. The molecule has 2 N–H and O–H groups in total. The highest BCUT2D eigenvalue weighted by molar-refractivity contribution is 5.94. The number of hydrogen-bond donors (Lipinski definition) is 2. The van der Waals surface area contributed by atoms with Gasteiger partial charge in [-0.3, -0.25) is 4.79 Å². The van der Waals surface area contributed by atoms with Gasteiger partial charge in [0.25, 0.3) is 5.91 Å². The molecule has 154 valence electrons. The molecule has 1 aliphatic heterocycles. The quantitative estimate of drug-likeness (QED) is 0.751. The Balaban J connectivity index is 1.41. The number of hydrogen-bond acceptors (Lipinski definition) is 5. The predicted molar refractivity (Wildman–Crippen MR) is 112 cm³/mol. The monoisotopic (exact) mass is 396 g/mol. The molecule has 29 heavy (non-hydrogen) atoms. The zero-order valence-electron chi connectivity index (χ0n) is 16.8. The van der Waals surface area contributed by atoms with E-state index in [4.69, 9.17) is 4.74 Å². The van der Waals surface area contributed by atoms with E-state index in [0.29, 0.717) is 25.3 Å². The number of nitrogens with zero attached hydrogens (tertiary/aromatic N) is 2. The summed E-state index contributed by atoms with van der Waals surface area (Å²) in [4.78, 5) is 30.2. The minimum absolute atomic E-state index is 0.0526. The maximum atomic E-state index is 12.5. The van der Waals surface area contributed by atoms with Gasteiger partial charge in [-0.2, -0.15) is 0 Å². The first-order valence-electron chi connectivity index (χ1n) is 10.1. The number of likely N-dealkylation sites (tertiary alicyclic amines) is 1. The van der Waals surface area contributed by atoms with Gasteiger partial charge in [0.05, 0.1) is 12.2 Å². The Labute approximate surface area is 171 Å². The molecule has 1 aliphatic rings. The highest BCUT2D eigenvalue weighted by Gasteiger charge is 2.24. The largest absolute Gasteiger partial charge is 0.450 e. The van der Waals surface area contributed by atoms with Crippen LogP contribution in [0.5, 0.6) is 0 Å². The number of benzene rings is 1. The molecule has 7 heteroatoms. The number of aromatic nitrogens is 1. The summed E-state index contributed by atoms with van der Waals surface area (Å²) in [6, 6.07) is 13.9. The molecule has 3 rings (SSSR count). The van der Waals surface area contributed by atoms with Gasteiger partial charge >= 0.3 is 6.09 Å². The maximum absolute atomic E-state index is 12.5. The Kier molecular flexibility index (Phi) is 7.44. The summed E-state index contributed by atoms with van der Waals surface area (Å²) in [5.41, 5.74) is 1.80. The lowest BCUT2D eigenvalue weighted by Crippen LogP contribution is -2.46. The summed E-state index contributed by atoms with van der Waals surface area (Å²) >= 11 is 0. The fraction of sp³-hybridized carbons (Fsp3) is 0.409. The smallest absolute Gasteiger partial charge is 0.409 e. The number of carbonyl (C=O) groups excluding carboxylic acids is 2. The molecule has 0 spiro atoms. The molecule has 0 radical (unpaired) electrons. The average Bonchev–Trinajstić information content (AvgIpc) is 2.75. The molecule has 2 amide bonds. The van der Waals surface area contributed by atoms with Crippen molar-refractivity contribution in [1.82, 2.24) is 15.2 Å². The second-order valence-corrected chi connectivity index (χ2v) is 7.03. The van der Waals surface area contributed by atoms with Crippen LogP contribution in [0.2, 0.25) is 0 Å². The molecule has 1 fully saturated rings. The minimum Gasteiger partial charge on any atom is -0.450 e. The summed E-state index contributed by atoms with van der Waals surface area (Å²) in [6.07, 6.45) is 3.66. The van der Waals surface area contributed by atoms with Gasteiger partial charge in [-0.25, -0.2) is 9.78 Å². The number of pyridine rings is 1. The zero-order valence-corrected chi connectivity index (χ0v) is 16.8. The van der Waals surface area contributed by atoms with Gasteiger partial charge in [-0.1, -0.05) is 30.3 Å². The van der Waals surface area contributed by atoms with E-state index in [2.05, 4.69) is 27.8 Å². The molecule has 1 saturated heterocycles. The molecule has 7 nitrogen and oxygen atoms in total. The summed E-state index contributed by atoms with van der Waals surface area (Å²) in [5.74, 6) is 0.614. The Morgan fingerprint density at radius 2 is 1.90 bits per heavy atom. The van der Waals surface area contributed by atoms with Gasteiger partial charge in [0.1, 0.15) is 5.82 Å². The molecule has 2 heterocycles. The van der Waals surface area contributed by atoms with Crippen molar-refractivity contribution in [2.45, 2.75) is 32.2 Å². The number of rotatable bonds is 7. The molecule has 0 atom stereocenters. The number of anilines is 1. The molecule has 0 unspecified atom stereocenters. The predicted octanol–water partition coefficient (Wildman–Crippen LogP) is 3.09. The molecular formula is C22H28N4O3. The molecule has 0 aliphatic carbocycles. The SMILES string of the molecule is CCOC(=O)N1CCC(NC(=O)c2ccc(NCCc3ccccc3)nc2)CC1. The first-order valence-corrected chi connectivity index (χ1v) is 10.1. The number of amides is 2. The minimum atomic E-state index is -0.281. The van der Waals surface area contributed by atoms with E-state index in [0.717, 1.165) is 31.6 Å². The van der Waals surface area contributed by atoms with E-state index in [9.17, 15) is 9.59 Å². The first kappa shape index (κ1) is 20.6. The second kappa shape index (κ2) is 10.5. The highest BCUT2D eigenvalue weighted by Crippen LogP contribution is 2.13. The number of ether oxygens (including phenoxy) is 1. The van der Waals surface area contributed by atoms with E-state index >= 15 is 0 Å². The van der Waals surface area contributed by atoms with Gasteiger partial charge in [0.2, 0.25) is 0 Å². The Hall–Kier alpha value is -3.09. The number of carbonyl (C=O) groups is 2. The van der Waals surface area contributed by atoms with Crippen molar-refractivity contribution in [3.05, 3.63) is 59.8 Å². The fourth-order valence-electron chi connectivity index (χ4n) is 3.30. The third-order valence-electron chi connectivity index (χ3n) is 4.94. The molecule has 2 aromatic rings. The van der Waals surface area contributed by atoms with Crippen LogP contribution in [-0.2, 0) is 11.2 Å². The van der Waals surface area contributed by atoms with E-state index in [1.54, 1.807) is 24.1 Å². The second-order valence-electron chi connectivity index (χ2n) is 7.03. The van der Waals surface area contributed by atoms with Crippen molar-refractivity contribution >= 4 is 17.8 Å². The average molecular weight is 396 g/mol. The standard InChI is InChI=1S/C22H28N4O3/c1-2-29-22(28)26-14-11-19(12-15-26)25-21(27)18-8-9-20(24-16-18)23-13-10-17-6-4-3-5-7-17/h3-9,16,19H,2,10-15H2,1H3,(H,23,24)(H,25,27). The third kappa shape index (κ3) is 6.20. The van der Waals surface area contributed by atoms with Gasteiger partial charge in [0, 0.05) is 31.9 Å². The topological polar surface area (TPSA) is 83.6 Å². The highest BCUT2D eigenvalue weighted by atomic mass is 16.6. The number of piperidine rings is 1. The summed E-state index contributed by atoms with van der Waals surface area (Å²) < 4.78 is 5.02. The number of nitrogens with one attached hydrogen (secondary N) is 2. The van der Waals surface area contributed by atoms with Crippen LogP contribution >= 0.6 is 0 Å². The van der Waals surface area contributed by atoms with Crippen molar-refractivity contribution in [2.75, 3.05) is 31.6 Å². The van der Waals surface area contributed by atoms with Crippen LogP contribution in [0.1, 0.15) is 35.7 Å². The molecule has 0 saturated carbocycles. The van der Waals surface area contributed by atoms with Crippen molar-refractivity contribution in [2.24, 2.45) is 0 Å². The van der Waals surface area contributed by atoms with E-state index in [-0.39, 0.29) is 18.0 Å². The zero-order chi connectivity index (χ0) is 20.5. The lowest BCUT2D eigenvalue weighted by atomic mass is 10.0. The van der Waals surface area contributed by atoms with Crippen LogP contribution in [0.25, 0.3) is 0 Å². The van der Waals surface area contributed by atoms with Gasteiger partial charge < -0.3 is 20.3 Å². The Morgan fingerprint density at radius 3 is 2.55 bits per heavy atom. The Morgan fingerprint density at radius 1 is 1.14 bits per heavy atom. The van der Waals surface area contributed by atoms with Crippen LogP contribution in [-0.4, -0.2) is 54.2 Å². The molecular weight excluding hydrogens is 368 g/mol. The molecule has 1 aromatic carbocycles. The molecule has 1 aromatic heterocycles. The van der Waals surface area contributed by atoms with Crippen molar-refractivity contribution in [3.63, 3.8) is 0 Å². The van der Waals surface area contributed by atoms with Crippen LogP contribution < -0.4 is 10.6 Å². The molecule has 0 bridgehead atoms. The van der Waals surface area contributed by atoms with Crippen molar-refractivity contribution < 1.29 is 14.3 Å². The van der Waals surface area contributed by atoms with E-state index < -0.39 is 0 Å². The van der Waals surface area contributed by atoms with Crippen molar-refractivity contribution in [1.29, 1.82) is 0 Å². The summed E-state index contributed by atoms with van der Waals surface area (Å²) in [7, 11) is 0. The van der Waals surface area contributed by atoms with E-state index in [1.165, 1.54) is 5.56 Å². The van der Waals surface area contributed by atoms with Gasteiger partial charge in [0.15, 0.2) is 0 Å². The third-order valence-corrected chi connectivity index (χ3v) is 4.94. The van der Waals surface area contributed by atoms with Crippen molar-refractivity contribution in [3.8, 4) is 0 Å². The van der Waals surface area contributed by atoms with Crippen LogP contribution in [0.15, 0.2) is 48.7 Å². The van der Waals surface area contributed by atoms with Gasteiger partial charge in [-0.15, -0.1) is 0 Å². The maximum Gasteiger partial charge on any atom is 0.409 e. The lowest BCUT2D eigenvalue weighted by Gasteiger charge is -2.31. The summed E-state index contributed by atoms with van der Waals surface area (Å²) in [6.45, 7) is 4.13. The summed E-state index contributed by atoms with van der Waals surface area (Å²) in [5, 5.41) is 6.31. The first-order chi connectivity index (χ1) is 14.2. The lowest BCUT2D eigenvalue weighted by molar-refractivity contribution is 0.0860. The van der Waals surface area contributed by atoms with Crippen LogP contribution in [0.3, 0.4) is 0 Å². The fourth-order valence-corrected chi connectivity index (χ4v) is 3.30. The van der Waals surface area contributed by atoms with Crippen LogP contribution in [0.4, 0.5) is 10.6 Å².